The Morgan fingerprint density at radius 2 is 2.18 bits per heavy atom. The highest BCUT2D eigenvalue weighted by molar-refractivity contribution is 5.83. The van der Waals surface area contributed by atoms with Crippen molar-refractivity contribution in [3.63, 3.8) is 0 Å². The van der Waals surface area contributed by atoms with Gasteiger partial charge in [0, 0.05) is 18.7 Å². The van der Waals surface area contributed by atoms with E-state index in [0.29, 0.717) is 30.8 Å². The zero-order valence-electron chi connectivity index (χ0n) is 15.4. The summed E-state index contributed by atoms with van der Waals surface area (Å²) in [5, 5.41) is 14.9. The molecule has 3 unspecified atom stereocenters. The van der Waals surface area contributed by atoms with Gasteiger partial charge in [-0.2, -0.15) is 5.26 Å². The monoisotopic (exact) mass is 382 g/mol. The third-order valence-corrected chi connectivity index (χ3v) is 5.56. The number of aromatic amines is 1. The normalized spacial score (nSPS) is 21.1. The SMILES string of the molecule is N#CC(CC1CCNC1=O)NC(=O)C(CC1CC1)n1ccc2[nH]cnc2c1=O. The Labute approximate surface area is 161 Å². The van der Waals surface area contributed by atoms with Crippen molar-refractivity contribution in [2.45, 2.75) is 44.2 Å². The molecule has 9 nitrogen and oxygen atoms in total. The molecule has 1 aliphatic heterocycles. The fraction of sp³-hybridized carbons (Fsp3) is 0.526. The Hall–Kier alpha value is -3.15. The van der Waals surface area contributed by atoms with Gasteiger partial charge in [-0.3, -0.25) is 14.4 Å². The molecule has 3 atom stereocenters. The van der Waals surface area contributed by atoms with Gasteiger partial charge < -0.3 is 20.2 Å². The molecule has 0 radical (unpaired) electrons. The molecule has 4 rings (SSSR count). The summed E-state index contributed by atoms with van der Waals surface area (Å²) in [7, 11) is 0. The van der Waals surface area contributed by atoms with Crippen LogP contribution in [0.15, 0.2) is 23.4 Å². The third-order valence-electron chi connectivity index (χ3n) is 5.56. The predicted molar refractivity (Wildman–Crippen MR) is 100 cm³/mol. The van der Waals surface area contributed by atoms with E-state index in [1.54, 1.807) is 12.3 Å². The Bertz CT molecular complexity index is 999. The van der Waals surface area contributed by atoms with Crippen LogP contribution in [0.4, 0.5) is 0 Å². The van der Waals surface area contributed by atoms with Gasteiger partial charge in [-0.05, 0) is 31.2 Å². The summed E-state index contributed by atoms with van der Waals surface area (Å²) < 4.78 is 1.41. The zero-order chi connectivity index (χ0) is 19.7. The molecule has 2 fully saturated rings. The van der Waals surface area contributed by atoms with Crippen LogP contribution in [-0.2, 0) is 9.59 Å². The highest BCUT2D eigenvalue weighted by atomic mass is 16.2. The fourth-order valence-electron chi connectivity index (χ4n) is 3.77. The van der Waals surface area contributed by atoms with Crippen molar-refractivity contribution in [1.82, 2.24) is 25.2 Å². The smallest absolute Gasteiger partial charge is 0.279 e. The maximum atomic E-state index is 13.0. The first-order valence-corrected chi connectivity index (χ1v) is 9.58. The second-order valence-corrected chi connectivity index (χ2v) is 7.59. The molecule has 0 bridgehead atoms. The number of amides is 2. The van der Waals surface area contributed by atoms with Crippen LogP contribution in [-0.4, -0.2) is 38.9 Å². The molecular weight excluding hydrogens is 360 g/mol. The molecule has 2 amide bonds. The van der Waals surface area contributed by atoms with E-state index in [0.717, 1.165) is 12.8 Å². The number of carbonyl (C=O) groups is 2. The summed E-state index contributed by atoms with van der Waals surface area (Å²) in [6.07, 6.45) is 6.60. The molecule has 1 aliphatic carbocycles. The summed E-state index contributed by atoms with van der Waals surface area (Å²) in [6.45, 7) is 0.596. The first kappa shape index (κ1) is 18.2. The molecule has 146 valence electrons. The molecule has 2 aliphatic rings. The van der Waals surface area contributed by atoms with Crippen molar-refractivity contribution in [2.75, 3.05) is 6.54 Å². The van der Waals surface area contributed by atoms with Gasteiger partial charge in [-0.1, -0.05) is 12.8 Å². The predicted octanol–water partition coefficient (Wildman–Crippen LogP) is 0.600. The Balaban J connectivity index is 1.55. The molecule has 0 spiro atoms. The Morgan fingerprint density at radius 3 is 2.86 bits per heavy atom. The van der Waals surface area contributed by atoms with Crippen LogP contribution in [0, 0.1) is 23.2 Å². The molecule has 3 heterocycles. The number of hydrogen-bond acceptors (Lipinski definition) is 5. The van der Waals surface area contributed by atoms with Gasteiger partial charge in [0.1, 0.15) is 12.1 Å². The number of hydrogen-bond donors (Lipinski definition) is 3. The van der Waals surface area contributed by atoms with E-state index in [1.807, 2.05) is 0 Å². The average molecular weight is 382 g/mol. The molecule has 28 heavy (non-hydrogen) atoms. The van der Waals surface area contributed by atoms with E-state index in [2.05, 4.69) is 26.7 Å². The highest BCUT2D eigenvalue weighted by Gasteiger charge is 2.33. The second-order valence-electron chi connectivity index (χ2n) is 7.59. The largest absolute Gasteiger partial charge is 0.356 e. The van der Waals surface area contributed by atoms with E-state index >= 15 is 0 Å². The number of nitriles is 1. The molecule has 9 heteroatoms. The van der Waals surface area contributed by atoms with Gasteiger partial charge in [0.15, 0.2) is 5.52 Å². The van der Waals surface area contributed by atoms with Crippen LogP contribution in [0.3, 0.4) is 0 Å². The van der Waals surface area contributed by atoms with Gasteiger partial charge in [-0.25, -0.2) is 4.98 Å². The number of rotatable bonds is 7. The maximum absolute atomic E-state index is 13.0. The van der Waals surface area contributed by atoms with Gasteiger partial charge in [0.2, 0.25) is 11.8 Å². The minimum atomic E-state index is -0.770. The van der Waals surface area contributed by atoms with E-state index in [1.165, 1.54) is 10.9 Å². The van der Waals surface area contributed by atoms with Crippen LogP contribution >= 0.6 is 0 Å². The molecule has 1 saturated carbocycles. The molecule has 2 aromatic rings. The number of aromatic nitrogens is 3. The zero-order valence-corrected chi connectivity index (χ0v) is 15.4. The lowest BCUT2D eigenvalue weighted by atomic mass is 9.98. The number of nitrogens with one attached hydrogen (secondary N) is 3. The van der Waals surface area contributed by atoms with Crippen molar-refractivity contribution in [2.24, 2.45) is 11.8 Å². The number of fused-ring (bicyclic) bond motifs is 1. The van der Waals surface area contributed by atoms with Crippen molar-refractivity contribution in [3.8, 4) is 6.07 Å². The van der Waals surface area contributed by atoms with Gasteiger partial charge in [0.05, 0.1) is 17.9 Å². The van der Waals surface area contributed by atoms with Crippen LogP contribution in [0.1, 0.15) is 38.1 Å². The van der Waals surface area contributed by atoms with E-state index < -0.39 is 12.1 Å². The van der Waals surface area contributed by atoms with E-state index in [4.69, 9.17) is 0 Å². The Morgan fingerprint density at radius 1 is 1.36 bits per heavy atom. The fourth-order valence-corrected chi connectivity index (χ4v) is 3.77. The van der Waals surface area contributed by atoms with Crippen molar-refractivity contribution in [1.29, 1.82) is 5.26 Å². The summed E-state index contributed by atoms with van der Waals surface area (Å²) in [5.74, 6) is -0.313. The first-order valence-electron chi connectivity index (χ1n) is 9.58. The molecule has 3 N–H and O–H groups in total. The minimum absolute atomic E-state index is 0.0794. The van der Waals surface area contributed by atoms with E-state index in [9.17, 15) is 19.6 Å². The molecule has 0 aromatic carbocycles. The lowest BCUT2D eigenvalue weighted by Crippen LogP contribution is -2.43. The highest BCUT2D eigenvalue weighted by Crippen LogP contribution is 2.36. The van der Waals surface area contributed by atoms with Gasteiger partial charge in [-0.15, -0.1) is 0 Å². The lowest BCUT2D eigenvalue weighted by molar-refractivity contribution is -0.126. The van der Waals surface area contributed by atoms with Crippen LogP contribution < -0.4 is 16.2 Å². The van der Waals surface area contributed by atoms with Crippen LogP contribution in [0.5, 0.6) is 0 Å². The summed E-state index contributed by atoms with van der Waals surface area (Å²) in [6, 6.07) is 2.33. The first-order chi connectivity index (χ1) is 13.6. The number of carbonyl (C=O) groups excluding carboxylic acids is 2. The number of pyridine rings is 1. The van der Waals surface area contributed by atoms with Crippen molar-refractivity contribution >= 4 is 22.8 Å². The number of imidazole rings is 1. The minimum Gasteiger partial charge on any atom is -0.356 e. The molecular formula is C19H22N6O3. The molecule has 1 saturated heterocycles. The topological polar surface area (TPSA) is 133 Å². The van der Waals surface area contributed by atoms with Crippen LogP contribution in [0.2, 0.25) is 0 Å². The quantitative estimate of drug-likeness (QED) is 0.645. The van der Waals surface area contributed by atoms with Gasteiger partial charge in [0.25, 0.3) is 5.56 Å². The summed E-state index contributed by atoms with van der Waals surface area (Å²) in [4.78, 5) is 44.5. The van der Waals surface area contributed by atoms with E-state index in [-0.39, 0.29) is 35.2 Å². The summed E-state index contributed by atoms with van der Waals surface area (Å²) in [5.41, 5.74) is 0.577. The lowest BCUT2D eigenvalue weighted by Gasteiger charge is -2.22. The number of nitrogens with zero attached hydrogens (tertiary/aromatic N) is 3. The van der Waals surface area contributed by atoms with Crippen molar-refractivity contribution in [3.05, 3.63) is 28.9 Å². The van der Waals surface area contributed by atoms with Gasteiger partial charge >= 0.3 is 0 Å². The van der Waals surface area contributed by atoms with Crippen molar-refractivity contribution < 1.29 is 9.59 Å². The Kier molecular flexibility index (Phi) is 4.86. The third kappa shape index (κ3) is 3.63. The standard InChI is InChI=1S/C19H22N6O3/c20-9-13(8-12-3-5-21-17(12)26)24-18(27)15(7-11-1-2-11)25-6-4-14-16(19(25)28)23-10-22-14/h4,6,10-13,15H,1-3,5,7-8H2,(H,21,26)(H,22,23)(H,24,27). The molecule has 2 aromatic heterocycles. The maximum Gasteiger partial charge on any atom is 0.279 e. The number of H-pyrrole nitrogens is 1. The summed E-state index contributed by atoms with van der Waals surface area (Å²) >= 11 is 0. The van der Waals surface area contributed by atoms with Crippen LogP contribution in [0.25, 0.3) is 11.0 Å². The second kappa shape index (κ2) is 7.46. The average Bonchev–Trinajstić information content (AvgIpc) is 3.21.